The molecule has 90 valence electrons. The average molecular weight is 220 g/mol. The highest BCUT2D eigenvalue weighted by Crippen LogP contribution is 2.21. The SMILES string of the molecule is CN(Cc1ccccc1)CC(C)(C)CCN. The number of hydrogen-bond acceptors (Lipinski definition) is 2. The summed E-state index contributed by atoms with van der Waals surface area (Å²) in [6.07, 6.45) is 1.08. The Hall–Kier alpha value is -0.860. The lowest BCUT2D eigenvalue weighted by atomic mass is 9.89. The molecule has 0 saturated heterocycles. The van der Waals surface area contributed by atoms with Crippen LogP contribution in [0, 0.1) is 5.41 Å². The topological polar surface area (TPSA) is 29.3 Å². The third kappa shape index (κ3) is 4.77. The maximum Gasteiger partial charge on any atom is 0.0230 e. The first-order chi connectivity index (χ1) is 7.53. The molecule has 0 atom stereocenters. The lowest BCUT2D eigenvalue weighted by Gasteiger charge is -2.30. The predicted octanol–water partition coefficient (Wildman–Crippen LogP) is 2.49. The number of nitrogens with two attached hydrogens (primary N) is 1. The molecule has 16 heavy (non-hydrogen) atoms. The van der Waals surface area contributed by atoms with Gasteiger partial charge in [0.05, 0.1) is 0 Å². The Morgan fingerprint density at radius 2 is 1.81 bits per heavy atom. The summed E-state index contributed by atoms with van der Waals surface area (Å²) in [6, 6.07) is 10.6. The van der Waals surface area contributed by atoms with Crippen molar-refractivity contribution in [2.45, 2.75) is 26.8 Å². The summed E-state index contributed by atoms with van der Waals surface area (Å²) >= 11 is 0. The highest BCUT2D eigenvalue weighted by atomic mass is 15.1. The molecule has 0 aliphatic heterocycles. The van der Waals surface area contributed by atoms with E-state index >= 15 is 0 Å². The van der Waals surface area contributed by atoms with E-state index in [1.54, 1.807) is 0 Å². The first kappa shape index (κ1) is 13.2. The molecule has 0 amide bonds. The second-order valence-electron chi connectivity index (χ2n) is 5.36. The molecule has 0 unspecified atom stereocenters. The van der Waals surface area contributed by atoms with Gasteiger partial charge in [0, 0.05) is 13.1 Å². The fraction of sp³-hybridized carbons (Fsp3) is 0.571. The summed E-state index contributed by atoms with van der Waals surface area (Å²) in [5, 5.41) is 0. The molecule has 0 fully saturated rings. The van der Waals surface area contributed by atoms with Gasteiger partial charge in [0.25, 0.3) is 0 Å². The van der Waals surface area contributed by atoms with Crippen molar-refractivity contribution in [1.29, 1.82) is 0 Å². The van der Waals surface area contributed by atoms with Crippen LogP contribution in [0.1, 0.15) is 25.8 Å². The molecule has 1 rings (SSSR count). The summed E-state index contributed by atoms with van der Waals surface area (Å²) in [7, 11) is 2.17. The maximum atomic E-state index is 5.62. The number of hydrogen-bond donors (Lipinski definition) is 1. The highest BCUT2D eigenvalue weighted by molar-refractivity contribution is 5.14. The molecular weight excluding hydrogens is 196 g/mol. The van der Waals surface area contributed by atoms with Gasteiger partial charge in [-0.15, -0.1) is 0 Å². The molecule has 0 aliphatic rings. The van der Waals surface area contributed by atoms with Gasteiger partial charge in [0.2, 0.25) is 0 Å². The molecule has 0 heterocycles. The van der Waals surface area contributed by atoms with E-state index in [4.69, 9.17) is 5.73 Å². The van der Waals surface area contributed by atoms with E-state index in [1.165, 1.54) is 5.56 Å². The molecule has 1 aromatic rings. The second-order valence-corrected chi connectivity index (χ2v) is 5.36. The molecule has 0 aromatic heterocycles. The van der Waals surface area contributed by atoms with Crippen LogP contribution in [0.3, 0.4) is 0 Å². The van der Waals surface area contributed by atoms with Crippen molar-refractivity contribution >= 4 is 0 Å². The smallest absolute Gasteiger partial charge is 0.0230 e. The Morgan fingerprint density at radius 1 is 1.19 bits per heavy atom. The van der Waals surface area contributed by atoms with E-state index in [9.17, 15) is 0 Å². The van der Waals surface area contributed by atoms with Crippen LogP contribution in [-0.2, 0) is 6.54 Å². The molecule has 0 radical (unpaired) electrons. The zero-order valence-corrected chi connectivity index (χ0v) is 10.7. The Morgan fingerprint density at radius 3 is 2.38 bits per heavy atom. The van der Waals surface area contributed by atoms with E-state index in [1.807, 2.05) is 0 Å². The Balaban J connectivity index is 2.44. The van der Waals surface area contributed by atoms with Gasteiger partial charge in [-0.3, -0.25) is 0 Å². The van der Waals surface area contributed by atoms with Crippen molar-refractivity contribution in [3.63, 3.8) is 0 Å². The predicted molar refractivity (Wildman–Crippen MR) is 70.2 cm³/mol. The summed E-state index contributed by atoms with van der Waals surface area (Å²) in [4.78, 5) is 2.37. The lowest BCUT2D eigenvalue weighted by molar-refractivity contribution is 0.195. The van der Waals surface area contributed by atoms with Gasteiger partial charge in [0.15, 0.2) is 0 Å². The normalized spacial score (nSPS) is 12.1. The van der Waals surface area contributed by atoms with Crippen LogP contribution < -0.4 is 5.73 Å². The minimum Gasteiger partial charge on any atom is -0.330 e. The summed E-state index contributed by atoms with van der Waals surface area (Å²) < 4.78 is 0. The fourth-order valence-corrected chi connectivity index (χ4v) is 2.15. The first-order valence-corrected chi connectivity index (χ1v) is 5.96. The Kier molecular flexibility index (Phi) is 4.97. The molecule has 0 spiro atoms. The summed E-state index contributed by atoms with van der Waals surface area (Å²) in [5.41, 5.74) is 7.30. The Bertz CT molecular complexity index is 293. The van der Waals surface area contributed by atoms with E-state index in [0.29, 0.717) is 5.41 Å². The van der Waals surface area contributed by atoms with E-state index in [2.05, 4.69) is 56.1 Å². The number of benzene rings is 1. The molecule has 1 aromatic carbocycles. The van der Waals surface area contributed by atoms with E-state index < -0.39 is 0 Å². The third-order valence-corrected chi connectivity index (χ3v) is 2.81. The molecule has 0 bridgehead atoms. The van der Waals surface area contributed by atoms with Crippen molar-refractivity contribution in [2.24, 2.45) is 11.1 Å². The van der Waals surface area contributed by atoms with Crippen LogP contribution in [0.2, 0.25) is 0 Å². The van der Waals surface area contributed by atoms with Crippen molar-refractivity contribution in [3.05, 3.63) is 35.9 Å². The summed E-state index contributed by atoms with van der Waals surface area (Å²) in [6.45, 7) is 7.42. The van der Waals surface area contributed by atoms with Gasteiger partial charge >= 0.3 is 0 Å². The van der Waals surface area contributed by atoms with Gasteiger partial charge < -0.3 is 10.6 Å². The molecule has 2 heteroatoms. The molecule has 0 saturated carbocycles. The van der Waals surface area contributed by atoms with Gasteiger partial charge in [-0.2, -0.15) is 0 Å². The fourth-order valence-electron chi connectivity index (χ4n) is 2.15. The maximum absolute atomic E-state index is 5.62. The van der Waals surface area contributed by atoms with Gasteiger partial charge in [0.1, 0.15) is 0 Å². The molecule has 2 nitrogen and oxygen atoms in total. The van der Waals surface area contributed by atoms with Crippen LogP contribution in [0.15, 0.2) is 30.3 Å². The second kappa shape index (κ2) is 6.02. The Labute approximate surface area is 99.5 Å². The molecule has 0 aliphatic carbocycles. The van der Waals surface area contributed by atoms with Crippen molar-refractivity contribution in [2.75, 3.05) is 20.1 Å². The first-order valence-electron chi connectivity index (χ1n) is 5.96. The van der Waals surface area contributed by atoms with E-state index in [0.717, 1.165) is 26.1 Å². The lowest BCUT2D eigenvalue weighted by Crippen LogP contribution is -2.32. The molecule has 2 N–H and O–H groups in total. The van der Waals surface area contributed by atoms with Crippen LogP contribution >= 0.6 is 0 Å². The van der Waals surface area contributed by atoms with E-state index in [-0.39, 0.29) is 0 Å². The molecular formula is C14H24N2. The van der Waals surface area contributed by atoms with Gasteiger partial charge in [-0.1, -0.05) is 44.2 Å². The van der Waals surface area contributed by atoms with Crippen molar-refractivity contribution in [3.8, 4) is 0 Å². The van der Waals surface area contributed by atoms with Crippen LogP contribution in [0.5, 0.6) is 0 Å². The largest absolute Gasteiger partial charge is 0.330 e. The average Bonchev–Trinajstić information content (AvgIpc) is 2.17. The number of rotatable bonds is 6. The quantitative estimate of drug-likeness (QED) is 0.798. The van der Waals surface area contributed by atoms with Crippen LogP contribution in [0.25, 0.3) is 0 Å². The minimum atomic E-state index is 0.304. The highest BCUT2D eigenvalue weighted by Gasteiger charge is 2.18. The van der Waals surface area contributed by atoms with Gasteiger partial charge in [-0.25, -0.2) is 0 Å². The van der Waals surface area contributed by atoms with Crippen LogP contribution in [-0.4, -0.2) is 25.0 Å². The minimum absolute atomic E-state index is 0.304. The van der Waals surface area contributed by atoms with Crippen molar-refractivity contribution in [1.82, 2.24) is 4.90 Å². The third-order valence-electron chi connectivity index (χ3n) is 2.81. The zero-order valence-electron chi connectivity index (χ0n) is 10.7. The van der Waals surface area contributed by atoms with Crippen LogP contribution in [0.4, 0.5) is 0 Å². The van der Waals surface area contributed by atoms with Gasteiger partial charge in [-0.05, 0) is 31.0 Å². The standard InChI is InChI=1S/C14H24N2/c1-14(2,9-10-15)12-16(3)11-13-7-5-4-6-8-13/h4-8H,9-12,15H2,1-3H3. The monoisotopic (exact) mass is 220 g/mol. The number of nitrogens with zero attached hydrogens (tertiary/aromatic N) is 1. The van der Waals surface area contributed by atoms with Crippen molar-refractivity contribution < 1.29 is 0 Å². The summed E-state index contributed by atoms with van der Waals surface area (Å²) in [5.74, 6) is 0. The zero-order chi connectivity index (χ0) is 12.0.